The second kappa shape index (κ2) is 6.19. The van der Waals surface area contributed by atoms with Gasteiger partial charge in [-0.25, -0.2) is 0 Å². The molecule has 110 valence electrons. The molecule has 0 spiro atoms. The Hall–Kier alpha value is -2.00. The maximum Gasteiger partial charge on any atom is 0.258 e. The second-order valence-electron chi connectivity index (χ2n) is 4.98. The maximum absolute atomic E-state index is 12.8. The molecule has 0 fully saturated rings. The molecule has 0 unspecified atom stereocenters. The highest BCUT2D eigenvalue weighted by atomic mass is 35.5. The lowest BCUT2D eigenvalue weighted by atomic mass is 10.1. The van der Waals surface area contributed by atoms with Gasteiger partial charge in [0.15, 0.2) is 0 Å². The fraction of sp³-hybridized carbons (Fsp3) is 0.235. The highest BCUT2D eigenvalue weighted by molar-refractivity contribution is 6.30. The van der Waals surface area contributed by atoms with Gasteiger partial charge in [-0.1, -0.05) is 17.7 Å². The first-order valence-electron chi connectivity index (χ1n) is 6.81. The minimum Gasteiger partial charge on any atom is -0.508 e. The Bertz CT molecular complexity index is 682. The number of carbonyl (C=O) groups is 1. The van der Waals surface area contributed by atoms with Crippen LogP contribution in [0.2, 0.25) is 5.02 Å². The number of phenolic OH excluding ortho intramolecular Hbond substituents is 1. The topological polar surface area (TPSA) is 40.5 Å². The van der Waals surface area contributed by atoms with Crippen LogP contribution in [0.1, 0.15) is 28.4 Å². The Morgan fingerprint density at radius 1 is 1.14 bits per heavy atom. The van der Waals surface area contributed by atoms with Crippen molar-refractivity contribution >= 4 is 23.2 Å². The summed E-state index contributed by atoms with van der Waals surface area (Å²) in [6, 6.07) is 10.3. The van der Waals surface area contributed by atoms with E-state index in [1.165, 1.54) is 0 Å². The third-order valence-electron chi connectivity index (χ3n) is 3.46. The smallest absolute Gasteiger partial charge is 0.258 e. The molecule has 0 radical (unpaired) electrons. The van der Waals surface area contributed by atoms with E-state index < -0.39 is 0 Å². The number of nitrogens with zero attached hydrogens (tertiary/aromatic N) is 1. The average molecular weight is 304 g/mol. The number of hydrogen-bond donors (Lipinski definition) is 1. The molecule has 0 aliphatic rings. The van der Waals surface area contributed by atoms with E-state index in [1.54, 1.807) is 41.3 Å². The summed E-state index contributed by atoms with van der Waals surface area (Å²) in [4.78, 5) is 14.4. The molecular formula is C17H18ClNO2. The molecule has 0 aliphatic heterocycles. The van der Waals surface area contributed by atoms with Crippen molar-refractivity contribution < 1.29 is 9.90 Å². The molecule has 1 N–H and O–H groups in total. The van der Waals surface area contributed by atoms with E-state index in [9.17, 15) is 9.90 Å². The van der Waals surface area contributed by atoms with E-state index in [2.05, 4.69) is 0 Å². The van der Waals surface area contributed by atoms with Crippen LogP contribution >= 0.6 is 11.6 Å². The highest BCUT2D eigenvalue weighted by Gasteiger charge is 2.19. The Labute approximate surface area is 129 Å². The number of aryl methyl sites for hydroxylation is 2. The number of anilines is 1. The van der Waals surface area contributed by atoms with Crippen LogP contribution in [-0.4, -0.2) is 17.6 Å². The van der Waals surface area contributed by atoms with Crippen LogP contribution in [0.15, 0.2) is 36.4 Å². The fourth-order valence-electron chi connectivity index (χ4n) is 2.32. The van der Waals surface area contributed by atoms with Gasteiger partial charge in [-0.3, -0.25) is 4.79 Å². The molecule has 1 amide bonds. The number of aromatic hydroxyl groups is 1. The molecule has 0 aliphatic carbocycles. The molecule has 0 saturated carbocycles. The van der Waals surface area contributed by atoms with Gasteiger partial charge in [-0.15, -0.1) is 0 Å². The van der Waals surface area contributed by atoms with Crippen molar-refractivity contribution in [2.45, 2.75) is 20.8 Å². The van der Waals surface area contributed by atoms with Gasteiger partial charge >= 0.3 is 0 Å². The number of hydrogen-bond acceptors (Lipinski definition) is 2. The summed E-state index contributed by atoms with van der Waals surface area (Å²) < 4.78 is 0. The van der Waals surface area contributed by atoms with E-state index in [0.29, 0.717) is 17.1 Å². The number of phenols is 1. The molecule has 2 aromatic rings. The Kier molecular flexibility index (Phi) is 4.53. The number of amides is 1. The van der Waals surface area contributed by atoms with Crippen molar-refractivity contribution in [2.75, 3.05) is 11.4 Å². The molecule has 21 heavy (non-hydrogen) atoms. The summed E-state index contributed by atoms with van der Waals surface area (Å²) in [5.41, 5.74) is 3.11. The third kappa shape index (κ3) is 3.19. The van der Waals surface area contributed by atoms with Crippen LogP contribution in [0.3, 0.4) is 0 Å². The van der Waals surface area contributed by atoms with Crippen LogP contribution in [0.4, 0.5) is 5.69 Å². The molecule has 3 nitrogen and oxygen atoms in total. The molecule has 0 saturated heterocycles. The Balaban J connectivity index is 2.45. The fourth-order valence-corrected chi connectivity index (χ4v) is 2.55. The monoisotopic (exact) mass is 303 g/mol. The van der Waals surface area contributed by atoms with Gasteiger partial charge in [0.05, 0.1) is 5.69 Å². The minimum atomic E-state index is -0.0969. The van der Waals surface area contributed by atoms with E-state index in [0.717, 1.165) is 16.8 Å². The standard InChI is InChI=1S/C17H18ClNO2/c1-4-19(16-10-14(20)7-5-11(16)2)17(21)15-8-6-13(18)9-12(15)3/h5-10,20H,4H2,1-3H3. The van der Waals surface area contributed by atoms with Gasteiger partial charge < -0.3 is 10.0 Å². The average Bonchev–Trinajstić information content (AvgIpc) is 2.43. The van der Waals surface area contributed by atoms with Gasteiger partial charge in [0.25, 0.3) is 5.91 Å². The lowest BCUT2D eigenvalue weighted by Gasteiger charge is -2.24. The van der Waals surface area contributed by atoms with Crippen LogP contribution in [0, 0.1) is 13.8 Å². The van der Waals surface area contributed by atoms with Crippen LogP contribution < -0.4 is 4.90 Å². The van der Waals surface area contributed by atoms with Crippen molar-refractivity contribution in [3.8, 4) is 5.75 Å². The molecule has 0 aromatic heterocycles. The summed E-state index contributed by atoms with van der Waals surface area (Å²) in [7, 11) is 0. The number of carbonyl (C=O) groups excluding carboxylic acids is 1. The normalized spacial score (nSPS) is 10.5. The van der Waals surface area contributed by atoms with Gasteiger partial charge in [0, 0.05) is 23.2 Å². The van der Waals surface area contributed by atoms with Gasteiger partial charge in [0.2, 0.25) is 0 Å². The first-order chi connectivity index (χ1) is 9.93. The lowest BCUT2D eigenvalue weighted by molar-refractivity contribution is 0.0987. The summed E-state index contributed by atoms with van der Waals surface area (Å²) in [6.45, 7) is 6.21. The quantitative estimate of drug-likeness (QED) is 0.917. The molecule has 2 rings (SSSR count). The van der Waals surface area contributed by atoms with Crippen molar-refractivity contribution in [2.24, 2.45) is 0 Å². The molecular weight excluding hydrogens is 286 g/mol. The van der Waals surface area contributed by atoms with Gasteiger partial charge in [-0.2, -0.15) is 0 Å². The molecule has 0 atom stereocenters. The van der Waals surface area contributed by atoms with Crippen LogP contribution in [-0.2, 0) is 0 Å². The zero-order valence-corrected chi connectivity index (χ0v) is 13.1. The Morgan fingerprint density at radius 2 is 1.86 bits per heavy atom. The van der Waals surface area contributed by atoms with Gasteiger partial charge in [0.1, 0.15) is 5.75 Å². The van der Waals surface area contributed by atoms with Crippen molar-refractivity contribution in [1.29, 1.82) is 0 Å². The maximum atomic E-state index is 12.8. The zero-order valence-electron chi connectivity index (χ0n) is 12.4. The molecule has 2 aromatic carbocycles. The van der Waals surface area contributed by atoms with E-state index in [1.807, 2.05) is 20.8 Å². The van der Waals surface area contributed by atoms with E-state index >= 15 is 0 Å². The molecule has 0 bridgehead atoms. The molecule has 4 heteroatoms. The summed E-state index contributed by atoms with van der Waals surface area (Å²) in [6.07, 6.45) is 0. The summed E-state index contributed by atoms with van der Waals surface area (Å²) >= 11 is 5.94. The predicted molar refractivity (Wildman–Crippen MR) is 86.4 cm³/mol. The first-order valence-corrected chi connectivity index (χ1v) is 7.19. The third-order valence-corrected chi connectivity index (χ3v) is 3.70. The number of rotatable bonds is 3. The molecule has 0 heterocycles. The van der Waals surface area contributed by atoms with Crippen molar-refractivity contribution in [3.63, 3.8) is 0 Å². The predicted octanol–water partition coefficient (Wildman–Crippen LogP) is 4.33. The van der Waals surface area contributed by atoms with Gasteiger partial charge in [-0.05, 0) is 56.2 Å². The largest absolute Gasteiger partial charge is 0.508 e. The first kappa shape index (κ1) is 15.4. The zero-order chi connectivity index (χ0) is 15.6. The minimum absolute atomic E-state index is 0.0969. The summed E-state index contributed by atoms with van der Waals surface area (Å²) in [5, 5.41) is 10.3. The van der Waals surface area contributed by atoms with E-state index in [-0.39, 0.29) is 11.7 Å². The second-order valence-corrected chi connectivity index (χ2v) is 5.42. The lowest BCUT2D eigenvalue weighted by Crippen LogP contribution is -2.31. The highest BCUT2D eigenvalue weighted by Crippen LogP contribution is 2.27. The number of benzene rings is 2. The number of halogens is 1. The SMILES string of the molecule is CCN(C(=O)c1ccc(Cl)cc1C)c1cc(O)ccc1C. The van der Waals surface area contributed by atoms with Crippen molar-refractivity contribution in [1.82, 2.24) is 0 Å². The van der Waals surface area contributed by atoms with Crippen LogP contribution in [0.25, 0.3) is 0 Å². The van der Waals surface area contributed by atoms with E-state index in [4.69, 9.17) is 11.6 Å². The summed E-state index contributed by atoms with van der Waals surface area (Å²) in [5.74, 6) is 0.0510. The van der Waals surface area contributed by atoms with Crippen LogP contribution in [0.5, 0.6) is 5.75 Å². The van der Waals surface area contributed by atoms with Crippen molar-refractivity contribution in [3.05, 3.63) is 58.1 Å². The Morgan fingerprint density at radius 3 is 2.48 bits per heavy atom.